The zero-order valence-corrected chi connectivity index (χ0v) is 15.3. The summed E-state index contributed by atoms with van der Waals surface area (Å²) in [5, 5.41) is 12.9. The van der Waals surface area contributed by atoms with Crippen LogP contribution in [0.15, 0.2) is 28.7 Å². The van der Waals surface area contributed by atoms with Gasteiger partial charge in [-0.15, -0.1) is 11.3 Å². The number of amides is 2. The van der Waals surface area contributed by atoms with Crippen molar-refractivity contribution in [3.8, 4) is 6.07 Å². The van der Waals surface area contributed by atoms with Gasteiger partial charge in [0.05, 0.1) is 12.1 Å². The molecule has 1 aliphatic rings. The molecule has 2 aromatic rings. The zero-order chi connectivity index (χ0) is 17.3. The lowest BCUT2D eigenvalue weighted by molar-refractivity contribution is -0.129. The number of rotatable bonds is 2. The number of carbonyl (C=O) groups excluding carboxylic acids is 2. The minimum atomic E-state index is -0.255. The van der Waals surface area contributed by atoms with Crippen LogP contribution in [-0.2, 0) is 17.8 Å². The minimum Gasteiger partial charge on any atom is -0.337 e. The number of nitrogens with one attached hydrogen (secondary N) is 1. The molecular formula is C17H14BrN3O2S. The molecule has 1 aromatic heterocycles. The highest BCUT2D eigenvalue weighted by Crippen LogP contribution is 2.36. The van der Waals surface area contributed by atoms with E-state index in [4.69, 9.17) is 0 Å². The fourth-order valence-electron chi connectivity index (χ4n) is 2.68. The Morgan fingerprint density at radius 1 is 1.42 bits per heavy atom. The first-order valence-corrected chi connectivity index (χ1v) is 8.97. The molecule has 0 aliphatic carbocycles. The van der Waals surface area contributed by atoms with Gasteiger partial charge in [-0.2, -0.15) is 5.26 Å². The van der Waals surface area contributed by atoms with Crippen molar-refractivity contribution in [1.82, 2.24) is 4.90 Å². The lowest BCUT2D eigenvalue weighted by Crippen LogP contribution is -2.33. The Labute approximate surface area is 152 Å². The summed E-state index contributed by atoms with van der Waals surface area (Å²) in [6.45, 7) is 2.64. The second-order valence-corrected chi connectivity index (χ2v) is 7.50. The highest BCUT2D eigenvalue weighted by Gasteiger charge is 2.26. The van der Waals surface area contributed by atoms with E-state index in [2.05, 4.69) is 27.3 Å². The van der Waals surface area contributed by atoms with E-state index in [1.807, 2.05) is 6.07 Å². The summed E-state index contributed by atoms with van der Waals surface area (Å²) in [6, 6.07) is 9.28. The van der Waals surface area contributed by atoms with Gasteiger partial charge < -0.3 is 10.2 Å². The summed E-state index contributed by atoms with van der Waals surface area (Å²) in [5.41, 5.74) is 1.98. The third kappa shape index (κ3) is 3.21. The molecule has 0 unspecified atom stereocenters. The van der Waals surface area contributed by atoms with E-state index >= 15 is 0 Å². The highest BCUT2D eigenvalue weighted by molar-refractivity contribution is 9.10. The van der Waals surface area contributed by atoms with Crippen molar-refractivity contribution in [1.29, 1.82) is 5.26 Å². The number of benzene rings is 1. The summed E-state index contributed by atoms with van der Waals surface area (Å²) in [6.07, 6.45) is 0.640. The molecule has 0 saturated heterocycles. The molecule has 0 saturated carbocycles. The summed E-state index contributed by atoms with van der Waals surface area (Å²) in [5.74, 6) is -0.234. The molecule has 7 heteroatoms. The fourth-order valence-corrected chi connectivity index (χ4v) is 4.29. The Hall–Kier alpha value is -2.17. The van der Waals surface area contributed by atoms with Crippen molar-refractivity contribution >= 4 is 44.1 Å². The smallest absolute Gasteiger partial charge is 0.256 e. The average molecular weight is 404 g/mol. The molecule has 24 heavy (non-hydrogen) atoms. The van der Waals surface area contributed by atoms with Crippen LogP contribution < -0.4 is 5.32 Å². The van der Waals surface area contributed by atoms with Crippen LogP contribution >= 0.6 is 27.3 Å². The molecule has 1 aliphatic heterocycles. The monoisotopic (exact) mass is 403 g/mol. The summed E-state index contributed by atoms with van der Waals surface area (Å²) in [7, 11) is 0. The SMILES string of the molecule is CC(=O)N1CCc2c(sc(NC(=O)c3cccc(Br)c3)c2C#N)C1. The van der Waals surface area contributed by atoms with Gasteiger partial charge in [-0.1, -0.05) is 22.0 Å². The molecule has 0 spiro atoms. The fraction of sp³-hybridized carbons (Fsp3) is 0.235. The van der Waals surface area contributed by atoms with Crippen LogP contribution in [-0.4, -0.2) is 23.3 Å². The Morgan fingerprint density at radius 3 is 2.88 bits per heavy atom. The summed E-state index contributed by atoms with van der Waals surface area (Å²) >= 11 is 4.72. The van der Waals surface area contributed by atoms with Gasteiger partial charge in [0.25, 0.3) is 5.91 Å². The average Bonchev–Trinajstić information content (AvgIpc) is 2.90. The molecule has 0 atom stereocenters. The number of fused-ring (bicyclic) bond motifs is 1. The molecule has 122 valence electrons. The Kier molecular flexibility index (Phi) is 4.69. The van der Waals surface area contributed by atoms with E-state index in [1.165, 1.54) is 11.3 Å². The maximum absolute atomic E-state index is 12.4. The third-order valence-electron chi connectivity index (χ3n) is 3.93. The first kappa shape index (κ1) is 16.7. The summed E-state index contributed by atoms with van der Waals surface area (Å²) < 4.78 is 0.818. The minimum absolute atomic E-state index is 0.0206. The molecule has 0 bridgehead atoms. The van der Waals surface area contributed by atoms with E-state index in [-0.39, 0.29) is 11.8 Å². The molecular weight excluding hydrogens is 390 g/mol. The normalized spacial score (nSPS) is 13.1. The van der Waals surface area contributed by atoms with Crippen LogP contribution in [0.3, 0.4) is 0 Å². The quantitative estimate of drug-likeness (QED) is 0.832. The standard InChI is InChI=1S/C17H14BrN3O2S/c1-10(22)21-6-5-13-14(8-19)17(24-15(13)9-21)20-16(23)11-3-2-4-12(18)7-11/h2-4,7H,5-6,9H2,1H3,(H,20,23). The number of thiophene rings is 1. The third-order valence-corrected chi connectivity index (χ3v) is 5.55. The number of hydrogen-bond donors (Lipinski definition) is 1. The number of carbonyl (C=O) groups is 2. The van der Waals surface area contributed by atoms with Crippen LogP contribution in [0.25, 0.3) is 0 Å². The predicted octanol–water partition coefficient (Wildman–Crippen LogP) is 3.54. The molecule has 0 radical (unpaired) electrons. The number of nitriles is 1. The van der Waals surface area contributed by atoms with E-state index in [0.717, 1.165) is 14.9 Å². The van der Waals surface area contributed by atoms with E-state index in [9.17, 15) is 14.9 Å². The number of halogens is 1. The van der Waals surface area contributed by atoms with Crippen molar-refractivity contribution in [3.05, 3.63) is 50.3 Å². The van der Waals surface area contributed by atoms with Gasteiger partial charge in [-0.05, 0) is 30.2 Å². The Balaban J connectivity index is 1.88. The van der Waals surface area contributed by atoms with Gasteiger partial charge in [-0.25, -0.2) is 0 Å². The molecule has 2 amide bonds. The first-order chi connectivity index (χ1) is 11.5. The van der Waals surface area contributed by atoms with Crippen LogP contribution in [0.2, 0.25) is 0 Å². The van der Waals surface area contributed by atoms with Crippen molar-refractivity contribution in [2.75, 3.05) is 11.9 Å². The van der Waals surface area contributed by atoms with Crippen molar-refractivity contribution in [3.63, 3.8) is 0 Å². The van der Waals surface area contributed by atoms with Gasteiger partial charge in [0, 0.05) is 28.4 Å². The van der Waals surface area contributed by atoms with Crippen molar-refractivity contribution < 1.29 is 9.59 Å². The van der Waals surface area contributed by atoms with Crippen molar-refractivity contribution in [2.45, 2.75) is 19.9 Å². The lowest BCUT2D eigenvalue weighted by Gasteiger charge is -2.25. The topological polar surface area (TPSA) is 73.2 Å². The zero-order valence-electron chi connectivity index (χ0n) is 12.9. The predicted molar refractivity (Wildman–Crippen MR) is 95.9 cm³/mol. The molecule has 3 rings (SSSR count). The second kappa shape index (κ2) is 6.75. The van der Waals surface area contributed by atoms with Crippen LogP contribution in [0.1, 0.15) is 33.3 Å². The van der Waals surface area contributed by atoms with Gasteiger partial charge >= 0.3 is 0 Å². The van der Waals surface area contributed by atoms with Gasteiger partial charge in [0.1, 0.15) is 11.1 Å². The van der Waals surface area contributed by atoms with Crippen LogP contribution in [0.4, 0.5) is 5.00 Å². The maximum atomic E-state index is 12.4. The van der Waals surface area contributed by atoms with Gasteiger partial charge in [0.2, 0.25) is 5.91 Å². The number of anilines is 1. The van der Waals surface area contributed by atoms with E-state index < -0.39 is 0 Å². The Morgan fingerprint density at radius 2 is 2.21 bits per heavy atom. The molecule has 1 N–H and O–H groups in total. The molecule has 1 aromatic carbocycles. The van der Waals surface area contributed by atoms with Gasteiger partial charge in [-0.3, -0.25) is 9.59 Å². The van der Waals surface area contributed by atoms with Crippen LogP contribution in [0.5, 0.6) is 0 Å². The lowest BCUT2D eigenvalue weighted by atomic mass is 10.0. The largest absolute Gasteiger partial charge is 0.337 e. The number of nitrogens with zero attached hydrogens (tertiary/aromatic N) is 2. The Bertz CT molecular complexity index is 869. The summed E-state index contributed by atoms with van der Waals surface area (Å²) in [4.78, 5) is 26.7. The van der Waals surface area contributed by atoms with E-state index in [0.29, 0.717) is 35.6 Å². The van der Waals surface area contributed by atoms with Gasteiger partial charge in [0.15, 0.2) is 0 Å². The molecule has 5 nitrogen and oxygen atoms in total. The second-order valence-electron chi connectivity index (χ2n) is 5.47. The maximum Gasteiger partial charge on any atom is 0.256 e. The molecule has 0 fully saturated rings. The highest BCUT2D eigenvalue weighted by atomic mass is 79.9. The number of hydrogen-bond acceptors (Lipinski definition) is 4. The van der Waals surface area contributed by atoms with Crippen LogP contribution in [0, 0.1) is 11.3 Å². The van der Waals surface area contributed by atoms with E-state index in [1.54, 1.807) is 30.0 Å². The molecule has 2 heterocycles. The first-order valence-electron chi connectivity index (χ1n) is 7.36. The van der Waals surface area contributed by atoms with Crippen molar-refractivity contribution in [2.24, 2.45) is 0 Å².